The van der Waals surface area contributed by atoms with Crippen LogP contribution in [-0.4, -0.2) is 75.8 Å². The Balaban J connectivity index is 0.000000300. The van der Waals surface area contributed by atoms with Crippen LogP contribution in [0.2, 0.25) is 0 Å². The van der Waals surface area contributed by atoms with Gasteiger partial charge in [-0.1, -0.05) is 84.1 Å². The zero-order valence-electron chi connectivity index (χ0n) is 34.7. The van der Waals surface area contributed by atoms with E-state index in [2.05, 4.69) is 30.7 Å². The summed E-state index contributed by atoms with van der Waals surface area (Å²) in [5.74, 6) is 2.72. The first-order valence-electron chi connectivity index (χ1n) is 21.6. The zero-order valence-corrected chi connectivity index (χ0v) is 36.7. The molecule has 5 N–H and O–H groups in total. The van der Waals surface area contributed by atoms with Crippen molar-refractivity contribution in [2.75, 3.05) is 13.4 Å². The van der Waals surface area contributed by atoms with E-state index in [1.807, 2.05) is 24.3 Å². The molecule has 58 heavy (non-hydrogen) atoms. The number of unbranched alkanes of at least 4 members (excludes halogenated alkanes) is 4. The predicted octanol–water partition coefficient (Wildman–Crippen LogP) is 4.85. The Hall–Kier alpha value is -2.18. The van der Waals surface area contributed by atoms with Crippen molar-refractivity contribution in [2.24, 2.45) is 35.5 Å². The van der Waals surface area contributed by atoms with E-state index in [0.717, 1.165) is 114 Å². The van der Waals surface area contributed by atoms with Crippen LogP contribution in [0.5, 0.6) is 11.5 Å². The minimum absolute atomic E-state index is 0. The van der Waals surface area contributed by atoms with Crippen molar-refractivity contribution in [1.29, 1.82) is 0 Å². The number of aliphatic hydroxyl groups is 4. The summed E-state index contributed by atoms with van der Waals surface area (Å²) >= 11 is 0. The molecule has 2 saturated carbocycles. The van der Waals surface area contributed by atoms with E-state index < -0.39 is 5.97 Å². The standard InChI is InChI=1S/2C23H34O5.CH4.Na/c1-2-3-4-7-18(25)9-10-19-20-11-16-6-5-8-23(28-15-27-14-24)21(16)12-17(20)13-22(19)26;1-2-3-4-7-17(24)9-10-18-19-11-15-6-5-8-22(28-14-23(26)27)20(15)12-16(19)13-21(18)25;;/h5-6,8,14,17-20,22,25-26H,2-4,7,9-13,15H2,1H3;5-6,8,16-19,21,24-25H,2-4,7,9-14H2,1H3,(H,26,27);1H4;/q;;;+1/t17-,18-,19+,20-,22+;16-,17-,18+,19-,21+;;/m00../s1. The van der Waals surface area contributed by atoms with Gasteiger partial charge in [-0.25, -0.2) is 4.79 Å². The van der Waals surface area contributed by atoms with Crippen LogP contribution in [0.4, 0.5) is 0 Å². The SMILES string of the molecule is C.CCCCC[C@H](O)CC[C@@H]1[C@H]2Cc3cccc(OCC(=O)O)c3C[C@H]2C[C@H]1O.CCCCC[C@H](O)CC[C@@H]1[C@H]2Cc3cccc(OCOC=O)c3C[C@H]2C[C@H]1O.[Na+]. The third-order valence-electron chi connectivity index (χ3n) is 13.3. The summed E-state index contributed by atoms with van der Waals surface area (Å²) in [5, 5.41) is 50.8. The van der Waals surface area contributed by atoms with Crippen LogP contribution in [0.3, 0.4) is 0 Å². The molecular formula is C47H72NaO10+. The van der Waals surface area contributed by atoms with Gasteiger partial charge in [-0.2, -0.15) is 0 Å². The number of hydrogen-bond acceptors (Lipinski definition) is 9. The van der Waals surface area contributed by atoms with Gasteiger partial charge in [-0.05, 0) is 147 Å². The second-order valence-electron chi connectivity index (χ2n) is 17.0. The van der Waals surface area contributed by atoms with Crippen LogP contribution in [0, 0.1) is 35.5 Å². The Bertz CT molecular complexity index is 1520. The number of aliphatic hydroxyl groups excluding tert-OH is 4. The van der Waals surface area contributed by atoms with Gasteiger partial charge < -0.3 is 39.7 Å². The van der Waals surface area contributed by atoms with Crippen LogP contribution in [-0.2, 0) is 40.0 Å². The molecule has 2 fully saturated rings. The predicted molar refractivity (Wildman–Crippen MR) is 221 cm³/mol. The quantitative estimate of drug-likeness (QED) is 0.0510. The smallest absolute Gasteiger partial charge is 0.482 e. The Morgan fingerprint density at radius 1 is 0.724 bits per heavy atom. The molecule has 4 aliphatic rings. The summed E-state index contributed by atoms with van der Waals surface area (Å²) in [7, 11) is 0. The molecular weight excluding hydrogens is 747 g/mol. The Labute approximate surface area is 369 Å². The van der Waals surface area contributed by atoms with Crippen molar-refractivity contribution in [3.8, 4) is 11.5 Å². The van der Waals surface area contributed by atoms with Crippen LogP contribution in [0.1, 0.15) is 133 Å². The molecule has 0 aromatic heterocycles. The maximum absolute atomic E-state index is 10.8. The molecule has 0 radical (unpaired) electrons. The van der Waals surface area contributed by atoms with E-state index in [4.69, 9.17) is 14.6 Å². The molecule has 2 aromatic rings. The molecule has 0 saturated heterocycles. The molecule has 10 atom stereocenters. The molecule has 0 unspecified atom stereocenters. The van der Waals surface area contributed by atoms with Gasteiger partial charge in [-0.15, -0.1) is 0 Å². The number of carbonyl (C=O) groups is 2. The number of carbonyl (C=O) groups excluding carboxylic acids is 1. The van der Waals surface area contributed by atoms with Gasteiger partial charge in [-0.3, -0.25) is 4.79 Å². The number of hydrogen-bond donors (Lipinski definition) is 5. The molecule has 0 aliphatic heterocycles. The van der Waals surface area contributed by atoms with Gasteiger partial charge in [0, 0.05) is 0 Å². The monoisotopic (exact) mass is 820 g/mol. The molecule has 0 heterocycles. The molecule has 0 bridgehead atoms. The molecule has 0 amide bonds. The van der Waals surface area contributed by atoms with E-state index in [9.17, 15) is 30.0 Å². The Morgan fingerprint density at radius 3 is 1.62 bits per heavy atom. The fraction of sp³-hybridized carbons (Fsp3) is 0.702. The largest absolute Gasteiger partial charge is 1.00 e. The van der Waals surface area contributed by atoms with Crippen molar-refractivity contribution in [2.45, 2.75) is 161 Å². The average molecular weight is 820 g/mol. The van der Waals surface area contributed by atoms with Gasteiger partial charge in [0.25, 0.3) is 6.47 Å². The normalized spacial score (nSPS) is 26.1. The number of carboxylic acids is 1. The van der Waals surface area contributed by atoms with Gasteiger partial charge in [0.15, 0.2) is 6.61 Å². The third-order valence-corrected chi connectivity index (χ3v) is 13.3. The van der Waals surface area contributed by atoms with Crippen molar-refractivity contribution >= 4 is 12.4 Å². The number of rotatable bonds is 21. The first kappa shape index (κ1) is 50.2. The second kappa shape index (κ2) is 25.6. The van der Waals surface area contributed by atoms with Gasteiger partial charge >= 0.3 is 35.5 Å². The fourth-order valence-electron chi connectivity index (χ4n) is 10.5. The minimum atomic E-state index is -0.972. The van der Waals surface area contributed by atoms with Crippen molar-refractivity contribution in [3.05, 3.63) is 58.7 Å². The van der Waals surface area contributed by atoms with E-state index in [0.29, 0.717) is 35.9 Å². The van der Waals surface area contributed by atoms with E-state index in [-0.39, 0.29) is 86.6 Å². The fourth-order valence-corrected chi connectivity index (χ4v) is 10.5. The van der Waals surface area contributed by atoms with E-state index in [1.165, 1.54) is 29.5 Å². The molecule has 0 spiro atoms. The number of carboxylic acid groups (broad SMARTS) is 1. The van der Waals surface area contributed by atoms with E-state index >= 15 is 0 Å². The summed E-state index contributed by atoms with van der Waals surface area (Å²) in [4.78, 5) is 21.2. The number of fused-ring (bicyclic) bond motifs is 4. The van der Waals surface area contributed by atoms with Gasteiger partial charge in [0.1, 0.15) is 11.5 Å². The van der Waals surface area contributed by atoms with Crippen LogP contribution >= 0.6 is 0 Å². The molecule has 320 valence electrons. The van der Waals surface area contributed by atoms with Crippen molar-refractivity contribution in [3.63, 3.8) is 0 Å². The maximum atomic E-state index is 10.8. The number of aliphatic carboxylic acids is 1. The molecule has 4 aliphatic carbocycles. The summed E-state index contributed by atoms with van der Waals surface area (Å²) in [6, 6.07) is 11.9. The van der Waals surface area contributed by atoms with Crippen LogP contribution in [0.25, 0.3) is 0 Å². The molecule has 11 heteroatoms. The zero-order chi connectivity index (χ0) is 40.0. The molecule has 2 aromatic carbocycles. The maximum Gasteiger partial charge on any atom is 1.00 e. The van der Waals surface area contributed by atoms with E-state index in [1.54, 1.807) is 0 Å². The third kappa shape index (κ3) is 13.9. The van der Waals surface area contributed by atoms with Crippen LogP contribution < -0.4 is 39.0 Å². The average Bonchev–Trinajstić information content (AvgIpc) is 3.66. The summed E-state index contributed by atoms with van der Waals surface area (Å²) < 4.78 is 15.8. The minimum Gasteiger partial charge on any atom is -0.482 e. The van der Waals surface area contributed by atoms with Crippen molar-refractivity contribution < 1.29 is 78.9 Å². The topological polar surface area (TPSA) is 163 Å². The summed E-state index contributed by atoms with van der Waals surface area (Å²) in [6.45, 7) is 4.33. The molecule has 10 nitrogen and oxygen atoms in total. The summed E-state index contributed by atoms with van der Waals surface area (Å²) in [5.41, 5.74) is 4.78. The number of benzene rings is 2. The van der Waals surface area contributed by atoms with Crippen LogP contribution in [0.15, 0.2) is 36.4 Å². The van der Waals surface area contributed by atoms with Gasteiger partial charge in [0.2, 0.25) is 6.79 Å². The summed E-state index contributed by atoms with van der Waals surface area (Å²) in [6.07, 6.45) is 16.0. The first-order chi connectivity index (χ1) is 27.1. The number of ether oxygens (including phenoxy) is 3. The Kier molecular flexibility index (Phi) is 22.1. The molecule has 6 rings (SSSR count). The van der Waals surface area contributed by atoms with Gasteiger partial charge in [0.05, 0.1) is 24.4 Å². The second-order valence-corrected chi connectivity index (χ2v) is 17.0. The Morgan fingerprint density at radius 2 is 1.19 bits per heavy atom. The first-order valence-corrected chi connectivity index (χ1v) is 21.6. The van der Waals surface area contributed by atoms with Crippen molar-refractivity contribution in [1.82, 2.24) is 0 Å².